The molecule has 0 unspecified atom stereocenters. The summed E-state index contributed by atoms with van der Waals surface area (Å²) in [7, 11) is 0. The number of fused-ring (bicyclic) bond motifs is 2. The minimum atomic E-state index is -5.87. The van der Waals surface area contributed by atoms with Gasteiger partial charge in [-0.2, -0.15) is 26.3 Å². The monoisotopic (exact) mass is 360 g/mol. The first-order chi connectivity index (χ1) is 10.8. The van der Waals surface area contributed by atoms with Crippen molar-refractivity contribution in [3.05, 3.63) is 12.2 Å². The second-order valence-corrected chi connectivity index (χ2v) is 6.71. The van der Waals surface area contributed by atoms with E-state index in [1.54, 1.807) is 0 Å². The standard InChI is InChI=1S/C15H18F6O3/c1-7(2)12(22)24-11-9-4-3-8(5-9)10(11)6-13(23,14(16,17)18)15(19,20)21/h8-11,23H,1,3-6H2,2H3/t8-,9-,10+,11-/m0/s1. The molecule has 0 spiro atoms. The van der Waals surface area contributed by atoms with Crippen molar-refractivity contribution in [2.75, 3.05) is 0 Å². The van der Waals surface area contributed by atoms with Gasteiger partial charge in [0.2, 0.25) is 0 Å². The molecule has 24 heavy (non-hydrogen) atoms. The van der Waals surface area contributed by atoms with Gasteiger partial charge in [0.25, 0.3) is 5.60 Å². The summed E-state index contributed by atoms with van der Waals surface area (Å²) >= 11 is 0. The van der Waals surface area contributed by atoms with Crippen molar-refractivity contribution < 1.29 is 41.0 Å². The van der Waals surface area contributed by atoms with Gasteiger partial charge in [-0.3, -0.25) is 0 Å². The molecule has 2 aliphatic rings. The molecular weight excluding hydrogens is 342 g/mol. The molecule has 0 aromatic carbocycles. The van der Waals surface area contributed by atoms with Crippen molar-refractivity contribution in [1.29, 1.82) is 0 Å². The highest BCUT2D eigenvalue weighted by Gasteiger charge is 2.72. The normalized spacial score (nSPS) is 30.5. The van der Waals surface area contributed by atoms with Gasteiger partial charge in [-0.05, 0) is 38.0 Å². The number of alkyl halides is 6. The molecule has 138 valence electrons. The highest BCUT2D eigenvalue weighted by Crippen LogP contribution is 2.56. The topological polar surface area (TPSA) is 46.5 Å². The number of ether oxygens (including phenoxy) is 1. The Morgan fingerprint density at radius 1 is 1.12 bits per heavy atom. The van der Waals surface area contributed by atoms with E-state index in [4.69, 9.17) is 4.74 Å². The SMILES string of the molecule is C=C(C)C(=O)O[C@H]1[C@H]2CC[C@@H](C2)[C@H]1CC(O)(C(F)(F)F)C(F)(F)F. The average Bonchev–Trinajstić information content (AvgIpc) is 2.98. The van der Waals surface area contributed by atoms with Crippen LogP contribution >= 0.6 is 0 Å². The average molecular weight is 360 g/mol. The summed E-state index contributed by atoms with van der Waals surface area (Å²) in [5.74, 6) is -2.76. The number of carbonyl (C=O) groups is 1. The maximum Gasteiger partial charge on any atom is 0.426 e. The molecule has 2 rings (SSSR count). The molecule has 0 heterocycles. The van der Waals surface area contributed by atoms with Crippen molar-refractivity contribution in [2.45, 2.75) is 56.7 Å². The molecule has 2 fully saturated rings. The molecule has 2 aliphatic carbocycles. The van der Waals surface area contributed by atoms with Crippen molar-refractivity contribution in [3.8, 4) is 0 Å². The molecule has 2 saturated carbocycles. The number of halogens is 6. The Labute approximate surface area is 134 Å². The van der Waals surface area contributed by atoms with E-state index in [1.165, 1.54) is 6.92 Å². The van der Waals surface area contributed by atoms with Gasteiger partial charge in [0.15, 0.2) is 0 Å². The molecular formula is C15H18F6O3. The molecule has 0 amide bonds. The summed E-state index contributed by atoms with van der Waals surface area (Å²) in [6.45, 7) is 4.69. The van der Waals surface area contributed by atoms with Gasteiger partial charge in [-0.15, -0.1) is 0 Å². The second kappa shape index (κ2) is 5.93. The summed E-state index contributed by atoms with van der Waals surface area (Å²) in [6, 6.07) is 0. The summed E-state index contributed by atoms with van der Waals surface area (Å²) in [5.41, 5.74) is -4.80. The number of esters is 1. The van der Waals surface area contributed by atoms with Gasteiger partial charge in [-0.25, -0.2) is 4.79 Å². The molecule has 2 bridgehead atoms. The third-order valence-corrected chi connectivity index (χ3v) is 5.07. The maximum absolute atomic E-state index is 12.9. The van der Waals surface area contributed by atoms with Gasteiger partial charge in [0.1, 0.15) is 6.10 Å². The van der Waals surface area contributed by atoms with Gasteiger partial charge < -0.3 is 9.84 Å². The van der Waals surface area contributed by atoms with E-state index in [0.717, 1.165) is 0 Å². The fourth-order valence-corrected chi connectivity index (χ4v) is 3.78. The van der Waals surface area contributed by atoms with E-state index in [-0.39, 0.29) is 11.5 Å². The Morgan fingerprint density at radius 3 is 2.08 bits per heavy atom. The molecule has 0 radical (unpaired) electrons. The minimum Gasteiger partial charge on any atom is -0.458 e. The molecule has 3 nitrogen and oxygen atoms in total. The molecule has 0 aromatic rings. The summed E-state index contributed by atoms with van der Waals surface area (Å²) in [5, 5.41) is 9.43. The van der Waals surface area contributed by atoms with Crippen LogP contribution in [0.3, 0.4) is 0 Å². The lowest BCUT2D eigenvalue weighted by Crippen LogP contribution is -2.59. The number of hydrogen-bond acceptors (Lipinski definition) is 3. The van der Waals surface area contributed by atoms with Crippen LogP contribution in [0.25, 0.3) is 0 Å². The smallest absolute Gasteiger partial charge is 0.426 e. The Bertz CT molecular complexity index is 510. The van der Waals surface area contributed by atoms with Crippen molar-refractivity contribution in [2.24, 2.45) is 17.8 Å². The first kappa shape index (κ1) is 19.1. The van der Waals surface area contributed by atoms with E-state index in [1.807, 2.05) is 0 Å². The molecule has 9 heteroatoms. The molecule has 0 saturated heterocycles. The van der Waals surface area contributed by atoms with E-state index in [0.29, 0.717) is 19.3 Å². The Hall–Kier alpha value is -1.25. The summed E-state index contributed by atoms with van der Waals surface area (Å²) in [4.78, 5) is 11.7. The van der Waals surface area contributed by atoms with E-state index in [9.17, 15) is 36.2 Å². The Kier molecular flexibility index (Phi) is 4.71. The highest BCUT2D eigenvalue weighted by molar-refractivity contribution is 5.87. The summed E-state index contributed by atoms with van der Waals surface area (Å²) < 4.78 is 82.6. The van der Waals surface area contributed by atoms with Gasteiger partial charge in [-0.1, -0.05) is 6.58 Å². The zero-order valence-corrected chi connectivity index (χ0v) is 12.9. The lowest BCUT2D eigenvalue weighted by atomic mass is 9.78. The molecule has 0 aromatic heterocycles. The number of aliphatic hydroxyl groups is 1. The zero-order valence-electron chi connectivity index (χ0n) is 12.9. The largest absolute Gasteiger partial charge is 0.458 e. The number of hydrogen-bond donors (Lipinski definition) is 1. The molecule has 0 aliphatic heterocycles. The van der Waals surface area contributed by atoms with E-state index in [2.05, 4.69) is 6.58 Å². The predicted octanol–water partition coefficient (Wildman–Crippen LogP) is 3.77. The van der Waals surface area contributed by atoms with Crippen molar-refractivity contribution in [1.82, 2.24) is 0 Å². The van der Waals surface area contributed by atoms with Crippen LogP contribution in [0.1, 0.15) is 32.6 Å². The third-order valence-electron chi connectivity index (χ3n) is 5.07. The van der Waals surface area contributed by atoms with Crippen LogP contribution in [0.2, 0.25) is 0 Å². The van der Waals surface area contributed by atoms with Gasteiger partial charge in [0, 0.05) is 17.9 Å². The lowest BCUT2D eigenvalue weighted by molar-refractivity contribution is -0.374. The number of carbonyl (C=O) groups excluding carboxylic acids is 1. The Morgan fingerprint density at radius 2 is 1.62 bits per heavy atom. The third kappa shape index (κ3) is 3.14. The quantitative estimate of drug-likeness (QED) is 0.472. The van der Waals surface area contributed by atoms with Gasteiger partial charge in [0.05, 0.1) is 0 Å². The molecule has 1 N–H and O–H groups in total. The first-order valence-electron chi connectivity index (χ1n) is 7.50. The highest BCUT2D eigenvalue weighted by atomic mass is 19.4. The van der Waals surface area contributed by atoms with Crippen molar-refractivity contribution in [3.63, 3.8) is 0 Å². The number of rotatable bonds is 4. The lowest BCUT2D eigenvalue weighted by Gasteiger charge is -2.38. The predicted molar refractivity (Wildman–Crippen MR) is 70.7 cm³/mol. The maximum atomic E-state index is 12.9. The van der Waals surface area contributed by atoms with Crippen molar-refractivity contribution >= 4 is 5.97 Å². The molecule has 4 atom stereocenters. The minimum absolute atomic E-state index is 0.0124. The summed E-state index contributed by atoms with van der Waals surface area (Å²) in [6.07, 6.45) is -12.9. The van der Waals surface area contributed by atoms with Crippen LogP contribution in [0.4, 0.5) is 26.3 Å². The van der Waals surface area contributed by atoms with Crippen LogP contribution < -0.4 is 0 Å². The van der Waals surface area contributed by atoms with E-state index >= 15 is 0 Å². The fourth-order valence-electron chi connectivity index (χ4n) is 3.78. The van der Waals surface area contributed by atoms with E-state index < -0.39 is 48.3 Å². The van der Waals surface area contributed by atoms with Gasteiger partial charge >= 0.3 is 18.3 Å². The fraction of sp³-hybridized carbons (Fsp3) is 0.800. The zero-order chi connectivity index (χ0) is 18.5. The van der Waals surface area contributed by atoms with Crippen LogP contribution in [0, 0.1) is 17.8 Å². The second-order valence-electron chi connectivity index (χ2n) is 6.71. The van der Waals surface area contributed by atoms with Crippen LogP contribution in [0.15, 0.2) is 12.2 Å². The Balaban J connectivity index is 2.27. The first-order valence-corrected chi connectivity index (χ1v) is 7.50. The van der Waals surface area contributed by atoms with Crippen LogP contribution in [0.5, 0.6) is 0 Å². The van der Waals surface area contributed by atoms with Crippen LogP contribution in [-0.2, 0) is 9.53 Å². The van der Waals surface area contributed by atoms with Crippen LogP contribution in [-0.4, -0.2) is 35.1 Å².